The summed E-state index contributed by atoms with van der Waals surface area (Å²) in [6.45, 7) is 10.1. The minimum Gasteiger partial charge on any atom is -0.311 e. The Morgan fingerprint density at radius 1 is 1.43 bits per heavy atom. The molecule has 1 saturated heterocycles. The number of halogens is 1. The molecular weight excluding hydrogens is 326 g/mol. The number of piperazine rings is 1. The molecule has 0 bridgehead atoms. The highest BCUT2D eigenvalue weighted by atomic mass is 79.9. The van der Waals surface area contributed by atoms with Gasteiger partial charge in [-0.3, -0.25) is 9.88 Å². The Morgan fingerprint density at radius 2 is 2.24 bits per heavy atom. The van der Waals surface area contributed by atoms with Crippen molar-refractivity contribution in [3.05, 3.63) is 28.5 Å². The van der Waals surface area contributed by atoms with Crippen LogP contribution in [0.15, 0.2) is 22.8 Å². The van der Waals surface area contributed by atoms with Gasteiger partial charge in [0.05, 0.1) is 5.69 Å². The van der Waals surface area contributed by atoms with Crippen LogP contribution >= 0.6 is 15.9 Å². The molecule has 1 aliphatic heterocycles. The van der Waals surface area contributed by atoms with Gasteiger partial charge in [-0.25, -0.2) is 0 Å². The average molecular weight is 354 g/mol. The molecule has 118 valence electrons. The third-order valence-corrected chi connectivity index (χ3v) is 4.61. The lowest BCUT2D eigenvalue weighted by molar-refractivity contribution is 0.106. The Bertz CT molecular complexity index is 419. The van der Waals surface area contributed by atoms with Crippen molar-refractivity contribution in [2.75, 3.05) is 13.1 Å². The summed E-state index contributed by atoms with van der Waals surface area (Å²) in [5.74, 6) is 0.748. The summed E-state index contributed by atoms with van der Waals surface area (Å²) in [5, 5.41) is 3.74. The van der Waals surface area contributed by atoms with E-state index in [9.17, 15) is 0 Å². The van der Waals surface area contributed by atoms with E-state index in [4.69, 9.17) is 0 Å². The predicted octanol–water partition coefficient (Wildman–Crippen LogP) is 3.83. The number of nitrogens with one attached hydrogen (secondary N) is 1. The maximum Gasteiger partial charge on any atom is 0.0544 e. The van der Waals surface area contributed by atoms with Gasteiger partial charge in [0.15, 0.2) is 0 Å². The van der Waals surface area contributed by atoms with E-state index in [0.717, 1.165) is 30.0 Å². The summed E-state index contributed by atoms with van der Waals surface area (Å²) in [5.41, 5.74) is 1.17. The first-order valence-corrected chi connectivity index (χ1v) is 8.95. The quantitative estimate of drug-likeness (QED) is 0.842. The summed E-state index contributed by atoms with van der Waals surface area (Å²) >= 11 is 3.46. The topological polar surface area (TPSA) is 28.2 Å². The van der Waals surface area contributed by atoms with Gasteiger partial charge >= 0.3 is 0 Å². The molecule has 1 fully saturated rings. The first-order valence-electron chi connectivity index (χ1n) is 8.16. The molecule has 2 heterocycles. The van der Waals surface area contributed by atoms with E-state index < -0.39 is 0 Å². The standard InChI is InChI=1S/C17H28BrN3/c1-4-5-17-10-20-16(8-13(2)3)12-21(17)11-15-7-6-14(18)9-19-15/h6-7,9,13,16-17,20H,4-5,8,10-12H2,1-3H3. The van der Waals surface area contributed by atoms with Crippen molar-refractivity contribution in [1.82, 2.24) is 15.2 Å². The molecule has 1 aromatic heterocycles. The van der Waals surface area contributed by atoms with Crippen molar-refractivity contribution in [3.8, 4) is 0 Å². The van der Waals surface area contributed by atoms with Crippen LogP contribution in [0.4, 0.5) is 0 Å². The lowest BCUT2D eigenvalue weighted by Gasteiger charge is -2.41. The average Bonchev–Trinajstić information content (AvgIpc) is 2.44. The predicted molar refractivity (Wildman–Crippen MR) is 92.3 cm³/mol. The summed E-state index contributed by atoms with van der Waals surface area (Å²) in [6, 6.07) is 5.48. The van der Waals surface area contributed by atoms with E-state index in [1.165, 1.54) is 25.0 Å². The third-order valence-electron chi connectivity index (χ3n) is 4.14. The highest BCUT2D eigenvalue weighted by Crippen LogP contribution is 2.19. The van der Waals surface area contributed by atoms with Crippen LogP contribution in [0.3, 0.4) is 0 Å². The lowest BCUT2D eigenvalue weighted by Crippen LogP contribution is -2.56. The van der Waals surface area contributed by atoms with Crippen LogP contribution in [0.25, 0.3) is 0 Å². The van der Waals surface area contributed by atoms with Gasteiger partial charge in [-0.15, -0.1) is 0 Å². The summed E-state index contributed by atoms with van der Waals surface area (Å²) in [4.78, 5) is 7.17. The van der Waals surface area contributed by atoms with Crippen molar-refractivity contribution < 1.29 is 0 Å². The normalized spacial score (nSPS) is 23.7. The van der Waals surface area contributed by atoms with Crippen LogP contribution in [0, 0.1) is 5.92 Å². The molecule has 0 spiro atoms. The maximum absolute atomic E-state index is 4.54. The first-order chi connectivity index (χ1) is 10.1. The summed E-state index contributed by atoms with van der Waals surface area (Å²) in [6.07, 6.45) is 5.66. The molecule has 3 nitrogen and oxygen atoms in total. The van der Waals surface area contributed by atoms with Gasteiger partial charge < -0.3 is 5.32 Å². The Morgan fingerprint density at radius 3 is 2.86 bits per heavy atom. The van der Waals surface area contributed by atoms with Gasteiger partial charge in [-0.1, -0.05) is 27.2 Å². The van der Waals surface area contributed by atoms with E-state index in [1.807, 2.05) is 6.20 Å². The van der Waals surface area contributed by atoms with Gasteiger partial charge in [-0.2, -0.15) is 0 Å². The molecule has 0 radical (unpaired) electrons. The Balaban J connectivity index is 2.01. The Labute approximate surface area is 137 Å². The van der Waals surface area contributed by atoms with Crippen molar-refractivity contribution in [3.63, 3.8) is 0 Å². The molecular formula is C17H28BrN3. The molecule has 0 saturated carbocycles. The van der Waals surface area contributed by atoms with Crippen LogP contribution in [-0.4, -0.2) is 35.1 Å². The zero-order valence-electron chi connectivity index (χ0n) is 13.5. The van der Waals surface area contributed by atoms with E-state index in [2.05, 4.69) is 64.0 Å². The molecule has 0 aliphatic carbocycles. The highest BCUT2D eigenvalue weighted by molar-refractivity contribution is 9.10. The molecule has 0 aromatic carbocycles. The zero-order valence-corrected chi connectivity index (χ0v) is 15.1. The van der Waals surface area contributed by atoms with Crippen molar-refractivity contribution >= 4 is 15.9 Å². The van der Waals surface area contributed by atoms with Crippen molar-refractivity contribution in [2.45, 2.75) is 58.7 Å². The maximum atomic E-state index is 4.54. The second-order valence-corrected chi connectivity index (χ2v) is 7.49. The minimum atomic E-state index is 0.619. The molecule has 2 atom stereocenters. The van der Waals surface area contributed by atoms with Crippen LogP contribution in [0.2, 0.25) is 0 Å². The fourth-order valence-electron chi connectivity index (χ4n) is 3.17. The Hall–Kier alpha value is -0.450. The third kappa shape index (κ3) is 5.35. The number of rotatable bonds is 6. The number of aromatic nitrogens is 1. The zero-order chi connectivity index (χ0) is 15.2. The van der Waals surface area contributed by atoms with Gasteiger partial charge in [0, 0.05) is 42.4 Å². The number of hydrogen-bond acceptors (Lipinski definition) is 3. The molecule has 1 aromatic rings. The fraction of sp³-hybridized carbons (Fsp3) is 0.706. The SMILES string of the molecule is CCCC1CNC(CC(C)C)CN1Cc1ccc(Br)cn1. The van der Waals surface area contributed by atoms with E-state index in [0.29, 0.717) is 12.1 Å². The molecule has 1 N–H and O–H groups in total. The second kappa shape index (κ2) is 8.25. The molecule has 1 aliphatic rings. The van der Waals surface area contributed by atoms with Crippen LogP contribution < -0.4 is 5.32 Å². The summed E-state index contributed by atoms with van der Waals surface area (Å²) < 4.78 is 1.05. The smallest absolute Gasteiger partial charge is 0.0544 e. The van der Waals surface area contributed by atoms with Gasteiger partial charge in [0.1, 0.15) is 0 Å². The first kappa shape index (κ1) is 16.9. The molecule has 2 rings (SSSR count). The van der Waals surface area contributed by atoms with Crippen molar-refractivity contribution in [2.24, 2.45) is 5.92 Å². The van der Waals surface area contributed by atoms with Crippen LogP contribution in [0.5, 0.6) is 0 Å². The van der Waals surface area contributed by atoms with Crippen molar-refractivity contribution in [1.29, 1.82) is 0 Å². The number of hydrogen-bond donors (Lipinski definition) is 1. The molecule has 4 heteroatoms. The molecule has 2 unspecified atom stereocenters. The number of nitrogens with zero attached hydrogens (tertiary/aromatic N) is 2. The number of pyridine rings is 1. The minimum absolute atomic E-state index is 0.619. The van der Waals surface area contributed by atoms with Gasteiger partial charge in [0.25, 0.3) is 0 Å². The largest absolute Gasteiger partial charge is 0.311 e. The lowest BCUT2D eigenvalue weighted by atomic mass is 9.98. The van der Waals surface area contributed by atoms with E-state index >= 15 is 0 Å². The molecule has 0 amide bonds. The Kier molecular flexibility index (Phi) is 6.65. The summed E-state index contributed by atoms with van der Waals surface area (Å²) in [7, 11) is 0. The van der Waals surface area contributed by atoms with Gasteiger partial charge in [0.2, 0.25) is 0 Å². The molecule has 21 heavy (non-hydrogen) atoms. The fourth-order valence-corrected chi connectivity index (χ4v) is 3.41. The van der Waals surface area contributed by atoms with E-state index in [-0.39, 0.29) is 0 Å². The van der Waals surface area contributed by atoms with Gasteiger partial charge in [-0.05, 0) is 46.8 Å². The van der Waals surface area contributed by atoms with E-state index in [1.54, 1.807) is 0 Å². The van der Waals surface area contributed by atoms with Crippen LogP contribution in [0.1, 0.15) is 45.7 Å². The monoisotopic (exact) mass is 353 g/mol. The second-order valence-electron chi connectivity index (χ2n) is 6.57. The van der Waals surface area contributed by atoms with Crippen LogP contribution in [-0.2, 0) is 6.54 Å². The highest BCUT2D eigenvalue weighted by Gasteiger charge is 2.27.